The first-order chi connectivity index (χ1) is 8.62. The molecule has 0 saturated heterocycles. The zero-order chi connectivity index (χ0) is 14.7. The van der Waals surface area contributed by atoms with Crippen molar-refractivity contribution in [3.05, 3.63) is 29.8 Å². The normalized spacial score (nSPS) is 14.4. The zero-order valence-electron chi connectivity index (χ0n) is 12.0. The Morgan fingerprint density at radius 2 is 1.84 bits per heavy atom. The highest BCUT2D eigenvalue weighted by atomic mass is 32.2. The molecule has 0 fully saturated rings. The van der Waals surface area contributed by atoms with E-state index < -0.39 is 16.1 Å². The smallest absolute Gasteiger partial charge is 0.240 e. The van der Waals surface area contributed by atoms with Crippen molar-refractivity contribution in [1.82, 2.24) is 4.72 Å². The number of nitrogens with one attached hydrogen (secondary N) is 1. The fourth-order valence-electron chi connectivity index (χ4n) is 1.92. The van der Waals surface area contributed by atoms with Crippen LogP contribution in [0.3, 0.4) is 0 Å². The summed E-state index contributed by atoms with van der Waals surface area (Å²) >= 11 is 0. The summed E-state index contributed by atoms with van der Waals surface area (Å²) in [6.45, 7) is 7.80. The van der Waals surface area contributed by atoms with Gasteiger partial charge in [0.25, 0.3) is 0 Å². The lowest BCUT2D eigenvalue weighted by Crippen LogP contribution is -2.34. The van der Waals surface area contributed by atoms with Crippen molar-refractivity contribution in [2.45, 2.75) is 45.1 Å². The van der Waals surface area contributed by atoms with Gasteiger partial charge in [0.2, 0.25) is 10.0 Å². The molecule has 0 bridgehead atoms. The number of aliphatic hydroxyl groups excluding tert-OH is 1. The molecule has 19 heavy (non-hydrogen) atoms. The first-order valence-electron chi connectivity index (χ1n) is 6.35. The monoisotopic (exact) mass is 285 g/mol. The number of aliphatic hydroxyl groups is 1. The third-order valence-corrected chi connectivity index (χ3v) is 4.32. The van der Waals surface area contributed by atoms with Crippen LogP contribution in [0, 0.1) is 12.3 Å². The maximum Gasteiger partial charge on any atom is 0.240 e. The summed E-state index contributed by atoms with van der Waals surface area (Å²) in [6, 6.07) is 6.80. The van der Waals surface area contributed by atoms with Crippen molar-refractivity contribution in [2.24, 2.45) is 5.41 Å². The molecule has 0 amide bonds. The topological polar surface area (TPSA) is 66.4 Å². The Labute approximate surface area is 115 Å². The van der Waals surface area contributed by atoms with Crippen molar-refractivity contribution in [3.8, 4) is 0 Å². The van der Waals surface area contributed by atoms with Gasteiger partial charge >= 0.3 is 0 Å². The summed E-state index contributed by atoms with van der Waals surface area (Å²) in [7, 11) is -3.55. The van der Waals surface area contributed by atoms with Crippen LogP contribution in [0.2, 0.25) is 0 Å². The number of rotatable bonds is 5. The summed E-state index contributed by atoms with van der Waals surface area (Å²) in [4.78, 5) is 0.262. The van der Waals surface area contributed by atoms with E-state index in [9.17, 15) is 13.5 Å². The second kappa shape index (κ2) is 6.03. The molecule has 0 radical (unpaired) electrons. The summed E-state index contributed by atoms with van der Waals surface area (Å²) in [5.41, 5.74) is 0.661. The van der Waals surface area contributed by atoms with Crippen LogP contribution in [-0.2, 0) is 10.0 Å². The molecule has 0 spiro atoms. The molecule has 0 heterocycles. The van der Waals surface area contributed by atoms with Crippen LogP contribution in [0.15, 0.2) is 29.2 Å². The molecule has 1 rings (SSSR count). The molecule has 1 aromatic carbocycles. The quantitative estimate of drug-likeness (QED) is 0.870. The Hall–Kier alpha value is -0.910. The Kier molecular flexibility index (Phi) is 5.12. The second-order valence-corrected chi connectivity index (χ2v) is 7.77. The van der Waals surface area contributed by atoms with E-state index >= 15 is 0 Å². The van der Waals surface area contributed by atoms with Crippen molar-refractivity contribution < 1.29 is 13.5 Å². The van der Waals surface area contributed by atoms with Crippen LogP contribution in [0.5, 0.6) is 0 Å². The molecule has 0 aliphatic carbocycles. The molecule has 2 N–H and O–H groups in total. The third-order valence-electron chi connectivity index (χ3n) is 2.74. The van der Waals surface area contributed by atoms with Gasteiger partial charge in [0.1, 0.15) is 0 Å². The first kappa shape index (κ1) is 16.1. The average molecular weight is 285 g/mol. The van der Waals surface area contributed by atoms with Crippen LogP contribution in [0.1, 0.15) is 32.8 Å². The molecule has 0 aliphatic heterocycles. The molecule has 1 aromatic rings. The van der Waals surface area contributed by atoms with Gasteiger partial charge in [0, 0.05) is 6.54 Å². The van der Waals surface area contributed by atoms with Crippen LogP contribution in [0.25, 0.3) is 0 Å². The maximum atomic E-state index is 12.1. The zero-order valence-corrected chi connectivity index (χ0v) is 12.8. The van der Waals surface area contributed by atoms with E-state index in [1.165, 1.54) is 0 Å². The number of benzene rings is 1. The number of aryl methyl sites for hydroxylation is 1. The molecular weight excluding hydrogens is 262 g/mol. The summed E-state index contributed by atoms with van der Waals surface area (Å²) in [6.07, 6.45) is -0.137. The minimum absolute atomic E-state index is 0.0342. The van der Waals surface area contributed by atoms with E-state index in [0.29, 0.717) is 12.0 Å². The standard InChI is InChI=1S/C14H23NO3S/c1-11-7-5-6-8-13(11)19(17,18)15-10-12(16)9-14(2,3)4/h5-8,12,15-16H,9-10H2,1-4H3. The van der Waals surface area contributed by atoms with Gasteiger partial charge in [-0.1, -0.05) is 39.0 Å². The van der Waals surface area contributed by atoms with Gasteiger partial charge in [0.15, 0.2) is 0 Å². The van der Waals surface area contributed by atoms with E-state index in [4.69, 9.17) is 0 Å². The molecule has 4 nitrogen and oxygen atoms in total. The summed E-state index contributed by atoms with van der Waals surface area (Å²) < 4.78 is 26.7. The highest BCUT2D eigenvalue weighted by molar-refractivity contribution is 7.89. The van der Waals surface area contributed by atoms with Gasteiger partial charge in [-0.15, -0.1) is 0 Å². The van der Waals surface area contributed by atoms with Crippen molar-refractivity contribution in [1.29, 1.82) is 0 Å². The molecule has 1 atom stereocenters. The lowest BCUT2D eigenvalue weighted by Gasteiger charge is -2.22. The Bertz CT molecular complexity index is 518. The molecule has 5 heteroatoms. The predicted octanol–water partition coefficient (Wildman–Crippen LogP) is 2.07. The van der Waals surface area contributed by atoms with Gasteiger partial charge in [0.05, 0.1) is 11.0 Å². The molecule has 1 unspecified atom stereocenters. The van der Waals surface area contributed by atoms with E-state index in [2.05, 4.69) is 4.72 Å². The highest BCUT2D eigenvalue weighted by Crippen LogP contribution is 2.21. The minimum Gasteiger partial charge on any atom is -0.392 e. The van der Waals surface area contributed by atoms with Gasteiger partial charge in [-0.05, 0) is 30.4 Å². The summed E-state index contributed by atoms with van der Waals surface area (Å²) in [5.74, 6) is 0. The van der Waals surface area contributed by atoms with E-state index in [0.717, 1.165) is 0 Å². The van der Waals surface area contributed by atoms with Gasteiger partial charge in [-0.3, -0.25) is 0 Å². The molecule has 108 valence electrons. The fourth-order valence-corrected chi connectivity index (χ4v) is 3.24. The average Bonchev–Trinajstić information content (AvgIpc) is 2.24. The summed E-state index contributed by atoms with van der Waals surface area (Å²) in [5, 5.41) is 9.84. The second-order valence-electron chi connectivity index (χ2n) is 6.04. The van der Waals surface area contributed by atoms with Crippen molar-refractivity contribution in [2.75, 3.05) is 6.54 Å². The van der Waals surface area contributed by atoms with Crippen LogP contribution < -0.4 is 4.72 Å². The van der Waals surface area contributed by atoms with Crippen molar-refractivity contribution >= 4 is 10.0 Å². The number of hydrogen-bond acceptors (Lipinski definition) is 3. The predicted molar refractivity (Wildman–Crippen MR) is 76.4 cm³/mol. The lowest BCUT2D eigenvalue weighted by molar-refractivity contribution is 0.125. The van der Waals surface area contributed by atoms with Crippen LogP contribution in [-0.4, -0.2) is 26.2 Å². The Morgan fingerprint density at radius 1 is 1.26 bits per heavy atom. The minimum atomic E-state index is -3.55. The molecule has 0 aromatic heterocycles. The largest absolute Gasteiger partial charge is 0.392 e. The Morgan fingerprint density at radius 3 is 2.37 bits per heavy atom. The molecule has 0 saturated carbocycles. The Balaban J connectivity index is 2.70. The van der Waals surface area contributed by atoms with E-state index in [-0.39, 0.29) is 16.9 Å². The molecule has 0 aliphatic rings. The highest BCUT2D eigenvalue weighted by Gasteiger charge is 2.20. The van der Waals surface area contributed by atoms with Crippen molar-refractivity contribution in [3.63, 3.8) is 0 Å². The van der Waals surface area contributed by atoms with E-state index in [1.807, 2.05) is 20.8 Å². The SMILES string of the molecule is Cc1ccccc1S(=O)(=O)NCC(O)CC(C)(C)C. The first-order valence-corrected chi connectivity index (χ1v) is 7.83. The maximum absolute atomic E-state index is 12.1. The van der Waals surface area contributed by atoms with Crippen LogP contribution in [0.4, 0.5) is 0 Å². The van der Waals surface area contributed by atoms with Gasteiger partial charge in [-0.2, -0.15) is 0 Å². The van der Waals surface area contributed by atoms with Gasteiger partial charge < -0.3 is 5.11 Å². The molecular formula is C14H23NO3S. The number of hydrogen-bond donors (Lipinski definition) is 2. The fraction of sp³-hybridized carbons (Fsp3) is 0.571. The van der Waals surface area contributed by atoms with Crippen LogP contribution >= 0.6 is 0 Å². The lowest BCUT2D eigenvalue weighted by atomic mass is 9.89. The van der Waals surface area contributed by atoms with E-state index in [1.54, 1.807) is 31.2 Å². The number of sulfonamides is 1. The van der Waals surface area contributed by atoms with Gasteiger partial charge in [-0.25, -0.2) is 13.1 Å². The third kappa shape index (κ3) is 5.30.